The molecule has 3 aromatic rings. The lowest BCUT2D eigenvalue weighted by molar-refractivity contribution is -0.384. The maximum atomic E-state index is 12.5. The third kappa shape index (κ3) is 5.30. The number of methoxy groups -OCH3 is 1. The number of amides is 1. The first kappa shape index (κ1) is 23.0. The molecule has 0 spiro atoms. The molecule has 8 nitrogen and oxygen atoms in total. The maximum absolute atomic E-state index is 12.5. The highest BCUT2D eigenvalue weighted by Gasteiger charge is 2.22. The van der Waals surface area contributed by atoms with Gasteiger partial charge in [0.2, 0.25) is 0 Å². The summed E-state index contributed by atoms with van der Waals surface area (Å²) < 4.78 is 10.3. The van der Waals surface area contributed by atoms with Crippen molar-refractivity contribution >= 4 is 33.9 Å². The van der Waals surface area contributed by atoms with Gasteiger partial charge in [-0.05, 0) is 29.2 Å². The van der Waals surface area contributed by atoms with Gasteiger partial charge in [0.05, 0.1) is 12.0 Å². The predicted octanol–water partition coefficient (Wildman–Crippen LogP) is 5.25. The van der Waals surface area contributed by atoms with Crippen LogP contribution >= 0.6 is 11.3 Å². The average Bonchev–Trinajstić information content (AvgIpc) is 3.20. The van der Waals surface area contributed by atoms with E-state index in [2.05, 4.69) is 19.2 Å². The van der Waals surface area contributed by atoms with E-state index in [4.69, 9.17) is 9.47 Å². The van der Waals surface area contributed by atoms with Crippen molar-refractivity contribution in [2.75, 3.05) is 19.0 Å². The van der Waals surface area contributed by atoms with Gasteiger partial charge in [-0.1, -0.05) is 38.1 Å². The second-order valence-electron chi connectivity index (χ2n) is 7.21. The number of nitrogens with zero attached hydrogens (tertiary/aromatic N) is 1. The molecule has 9 heteroatoms. The van der Waals surface area contributed by atoms with Crippen LogP contribution in [0.5, 0.6) is 5.75 Å². The molecule has 0 atom stereocenters. The second kappa shape index (κ2) is 10.1. The number of rotatable bonds is 8. The maximum Gasteiger partial charge on any atom is 0.341 e. The summed E-state index contributed by atoms with van der Waals surface area (Å²) in [5, 5.41) is 15.6. The molecule has 1 heterocycles. The van der Waals surface area contributed by atoms with E-state index in [0.29, 0.717) is 22.2 Å². The SMILES string of the molecule is COC(=O)c1c(-c2ccc(C(C)C)cc2)csc1NC(=O)COc1ccc([N+](=O)[O-])cc1. The van der Waals surface area contributed by atoms with Crippen molar-refractivity contribution in [3.05, 3.63) is 75.2 Å². The van der Waals surface area contributed by atoms with Crippen molar-refractivity contribution in [2.45, 2.75) is 19.8 Å². The van der Waals surface area contributed by atoms with Crippen molar-refractivity contribution in [1.29, 1.82) is 0 Å². The number of non-ortho nitro benzene ring substituents is 1. The fourth-order valence-corrected chi connectivity index (χ4v) is 3.96. The van der Waals surface area contributed by atoms with Crippen LogP contribution in [0, 0.1) is 10.1 Å². The molecule has 0 saturated heterocycles. The first-order chi connectivity index (χ1) is 15.3. The van der Waals surface area contributed by atoms with E-state index in [1.54, 1.807) is 5.38 Å². The highest BCUT2D eigenvalue weighted by Crippen LogP contribution is 2.36. The van der Waals surface area contributed by atoms with Gasteiger partial charge in [0.15, 0.2) is 6.61 Å². The highest BCUT2D eigenvalue weighted by atomic mass is 32.1. The largest absolute Gasteiger partial charge is 0.484 e. The Hall–Kier alpha value is -3.72. The molecular weight excluding hydrogens is 432 g/mol. The van der Waals surface area contributed by atoms with Crippen LogP contribution in [0.4, 0.5) is 10.7 Å². The second-order valence-corrected chi connectivity index (χ2v) is 8.09. The van der Waals surface area contributed by atoms with E-state index in [1.807, 2.05) is 24.3 Å². The Morgan fingerprint density at radius 1 is 1.09 bits per heavy atom. The minimum atomic E-state index is -0.555. The quantitative estimate of drug-likeness (QED) is 0.283. The van der Waals surface area contributed by atoms with Gasteiger partial charge in [-0.3, -0.25) is 14.9 Å². The standard InChI is InChI=1S/C23H22N2O6S/c1-14(2)15-4-6-16(7-5-15)19-13-32-22(21(19)23(27)30-3)24-20(26)12-31-18-10-8-17(9-11-18)25(28)29/h4-11,13-14H,12H2,1-3H3,(H,24,26). The number of ether oxygens (including phenoxy) is 2. The lowest BCUT2D eigenvalue weighted by Crippen LogP contribution is -2.21. The molecule has 0 aliphatic rings. The molecule has 0 unspecified atom stereocenters. The van der Waals surface area contributed by atoms with E-state index >= 15 is 0 Å². The van der Waals surface area contributed by atoms with Crippen LogP contribution < -0.4 is 10.1 Å². The Morgan fingerprint density at radius 2 is 1.75 bits per heavy atom. The van der Waals surface area contributed by atoms with Crippen molar-refractivity contribution in [1.82, 2.24) is 0 Å². The van der Waals surface area contributed by atoms with Gasteiger partial charge < -0.3 is 14.8 Å². The van der Waals surface area contributed by atoms with E-state index < -0.39 is 16.8 Å². The lowest BCUT2D eigenvalue weighted by atomic mass is 9.98. The summed E-state index contributed by atoms with van der Waals surface area (Å²) in [6, 6.07) is 13.3. The first-order valence-corrected chi connectivity index (χ1v) is 10.6. The van der Waals surface area contributed by atoms with E-state index in [1.165, 1.54) is 48.3 Å². The molecule has 3 rings (SSSR count). The number of carbonyl (C=O) groups excluding carboxylic acids is 2. The molecule has 1 N–H and O–H groups in total. The molecule has 0 bridgehead atoms. The van der Waals surface area contributed by atoms with E-state index in [9.17, 15) is 19.7 Å². The minimum absolute atomic E-state index is 0.0722. The highest BCUT2D eigenvalue weighted by molar-refractivity contribution is 7.15. The number of anilines is 1. The third-order valence-corrected chi connectivity index (χ3v) is 5.63. The van der Waals surface area contributed by atoms with Crippen LogP contribution in [0.2, 0.25) is 0 Å². The van der Waals surface area contributed by atoms with Gasteiger partial charge >= 0.3 is 5.97 Å². The van der Waals surface area contributed by atoms with Gasteiger partial charge in [-0.25, -0.2) is 4.79 Å². The molecular formula is C23H22N2O6S. The molecule has 0 saturated carbocycles. The van der Waals surface area contributed by atoms with Crippen LogP contribution in [0.3, 0.4) is 0 Å². The Labute approximate surface area is 188 Å². The predicted molar refractivity (Wildman–Crippen MR) is 122 cm³/mol. The minimum Gasteiger partial charge on any atom is -0.484 e. The van der Waals surface area contributed by atoms with Gasteiger partial charge in [0.1, 0.15) is 16.3 Å². The number of nitrogens with one attached hydrogen (secondary N) is 1. The number of nitro groups is 1. The summed E-state index contributed by atoms with van der Waals surface area (Å²) in [6.07, 6.45) is 0. The Kier molecular flexibility index (Phi) is 7.21. The Morgan fingerprint density at radius 3 is 2.31 bits per heavy atom. The van der Waals surface area contributed by atoms with Crippen LogP contribution in [0.1, 0.15) is 35.7 Å². The monoisotopic (exact) mass is 454 g/mol. The topological polar surface area (TPSA) is 108 Å². The molecule has 2 aromatic carbocycles. The zero-order valence-electron chi connectivity index (χ0n) is 17.8. The lowest BCUT2D eigenvalue weighted by Gasteiger charge is -2.10. The first-order valence-electron chi connectivity index (χ1n) is 9.77. The average molecular weight is 455 g/mol. The summed E-state index contributed by atoms with van der Waals surface area (Å²) in [4.78, 5) is 35.0. The van der Waals surface area contributed by atoms with Gasteiger partial charge in [-0.2, -0.15) is 0 Å². The number of carbonyl (C=O) groups is 2. The van der Waals surface area contributed by atoms with Gasteiger partial charge in [0, 0.05) is 23.1 Å². The molecule has 1 aromatic heterocycles. The third-order valence-electron chi connectivity index (χ3n) is 4.74. The van der Waals surface area contributed by atoms with Crippen molar-refractivity contribution in [2.24, 2.45) is 0 Å². The molecule has 0 aliphatic carbocycles. The summed E-state index contributed by atoms with van der Waals surface area (Å²) in [6.45, 7) is 3.88. The smallest absolute Gasteiger partial charge is 0.341 e. The molecule has 0 radical (unpaired) electrons. The molecule has 166 valence electrons. The van der Waals surface area contributed by atoms with E-state index in [0.717, 1.165) is 5.56 Å². The molecule has 0 fully saturated rings. The number of nitro benzene ring substituents is 1. The normalized spacial score (nSPS) is 10.6. The van der Waals surface area contributed by atoms with Crippen LogP contribution in [-0.2, 0) is 9.53 Å². The van der Waals surface area contributed by atoms with Crippen LogP contribution in [-0.4, -0.2) is 30.5 Å². The zero-order chi connectivity index (χ0) is 23.3. The number of benzene rings is 2. The van der Waals surface area contributed by atoms with E-state index in [-0.39, 0.29) is 17.9 Å². The van der Waals surface area contributed by atoms with Crippen molar-refractivity contribution < 1.29 is 24.0 Å². The fourth-order valence-electron chi connectivity index (χ4n) is 2.99. The Bertz CT molecular complexity index is 1120. The molecule has 1 amide bonds. The summed E-state index contributed by atoms with van der Waals surface area (Å²) >= 11 is 1.22. The summed E-state index contributed by atoms with van der Waals surface area (Å²) in [5.74, 6) is -0.328. The van der Waals surface area contributed by atoms with Gasteiger partial charge in [-0.15, -0.1) is 11.3 Å². The number of esters is 1. The summed E-state index contributed by atoms with van der Waals surface area (Å²) in [5.41, 5.74) is 2.90. The van der Waals surface area contributed by atoms with Crippen molar-refractivity contribution in [3.8, 4) is 16.9 Å². The fraction of sp³-hybridized carbons (Fsp3) is 0.217. The number of thiophene rings is 1. The Balaban J connectivity index is 1.75. The molecule has 0 aliphatic heterocycles. The molecule has 32 heavy (non-hydrogen) atoms. The van der Waals surface area contributed by atoms with Gasteiger partial charge in [0.25, 0.3) is 11.6 Å². The van der Waals surface area contributed by atoms with Crippen LogP contribution in [0.25, 0.3) is 11.1 Å². The summed E-state index contributed by atoms with van der Waals surface area (Å²) in [7, 11) is 1.29. The zero-order valence-corrected chi connectivity index (χ0v) is 18.6. The van der Waals surface area contributed by atoms with Crippen molar-refractivity contribution in [3.63, 3.8) is 0 Å². The number of hydrogen-bond donors (Lipinski definition) is 1. The number of hydrogen-bond acceptors (Lipinski definition) is 7. The van der Waals surface area contributed by atoms with Crippen LogP contribution in [0.15, 0.2) is 53.9 Å².